The minimum atomic E-state index is 0.101. The predicted molar refractivity (Wildman–Crippen MR) is 95.5 cm³/mol. The van der Waals surface area contributed by atoms with Crippen molar-refractivity contribution in [1.82, 2.24) is 14.7 Å². The van der Waals surface area contributed by atoms with Crippen LogP contribution in [-0.2, 0) is 9.59 Å². The summed E-state index contributed by atoms with van der Waals surface area (Å²) in [5.74, 6) is 0.611. The molecule has 0 bridgehead atoms. The van der Waals surface area contributed by atoms with Crippen molar-refractivity contribution in [3.8, 4) is 0 Å². The lowest BCUT2D eigenvalue weighted by Gasteiger charge is -2.40. The third-order valence-corrected chi connectivity index (χ3v) is 5.16. The zero-order valence-electron chi connectivity index (χ0n) is 16.1. The van der Waals surface area contributed by atoms with Crippen LogP contribution in [0.4, 0.5) is 0 Å². The second kappa shape index (κ2) is 7.83. The van der Waals surface area contributed by atoms with E-state index in [0.717, 1.165) is 52.1 Å². The number of piperazine rings is 1. The molecule has 2 fully saturated rings. The topological polar surface area (TPSA) is 43.9 Å². The quantitative estimate of drug-likeness (QED) is 0.700. The van der Waals surface area contributed by atoms with E-state index in [-0.39, 0.29) is 11.8 Å². The van der Waals surface area contributed by atoms with Crippen LogP contribution in [0.3, 0.4) is 0 Å². The molecule has 2 saturated heterocycles. The molecule has 0 N–H and O–H groups in total. The molecule has 2 amide bonds. The number of carbonyl (C=O) groups excluding carboxylic acids is 2. The molecule has 6 heteroatoms. The number of hydrogen-bond donors (Lipinski definition) is 0. The summed E-state index contributed by atoms with van der Waals surface area (Å²) in [5.41, 5.74) is 0. The summed E-state index contributed by atoms with van der Waals surface area (Å²) < 4.78 is 0.651. The van der Waals surface area contributed by atoms with E-state index >= 15 is 0 Å². The van der Waals surface area contributed by atoms with Crippen LogP contribution in [0.15, 0.2) is 0 Å². The maximum atomic E-state index is 12.7. The Morgan fingerprint density at radius 1 is 0.917 bits per heavy atom. The fourth-order valence-electron chi connectivity index (χ4n) is 3.60. The van der Waals surface area contributed by atoms with Crippen LogP contribution in [0, 0.1) is 5.92 Å². The monoisotopic (exact) mass is 339 g/mol. The minimum absolute atomic E-state index is 0.101. The summed E-state index contributed by atoms with van der Waals surface area (Å²) in [7, 11) is 6.10. The fraction of sp³-hybridized carbons (Fsp3) is 0.889. The molecule has 0 aromatic rings. The molecule has 2 rings (SSSR count). The van der Waals surface area contributed by atoms with Crippen molar-refractivity contribution in [3.05, 3.63) is 0 Å². The molecule has 0 radical (unpaired) electrons. The van der Waals surface area contributed by atoms with Crippen molar-refractivity contribution in [2.75, 3.05) is 67.0 Å². The third-order valence-electron chi connectivity index (χ3n) is 5.16. The zero-order chi connectivity index (χ0) is 17.9. The Kier molecular flexibility index (Phi) is 6.26. The van der Waals surface area contributed by atoms with Crippen LogP contribution in [0.25, 0.3) is 0 Å². The number of carbonyl (C=O) groups is 2. The summed E-state index contributed by atoms with van der Waals surface area (Å²) in [5, 5.41) is 0. The lowest BCUT2D eigenvalue weighted by atomic mass is 9.94. The van der Waals surface area contributed by atoms with Gasteiger partial charge in [-0.25, -0.2) is 0 Å². The van der Waals surface area contributed by atoms with Crippen molar-refractivity contribution < 1.29 is 14.1 Å². The molecule has 0 atom stereocenters. The van der Waals surface area contributed by atoms with Crippen LogP contribution in [-0.4, -0.2) is 104 Å². The molecule has 0 unspecified atom stereocenters. The Balaban J connectivity index is 1.78. The van der Waals surface area contributed by atoms with Gasteiger partial charge >= 0.3 is 0 Å². The van der Waals surface area contributed by atoms with Crippen LogP contribution in [0.5, 0.6) is 0 Å². The lowest BCUT2D eigenvalue weighted by Crippen LogP contribution is -2.54. The molecule has 6 nitrogen and oxygen atoms in total. The number of amides is 2. The number of likely N-dealkylation sites (N-methyl/N-ethyl adjacent to an activating group) is 1. The van der Waals surface area contributed by atoms with E-state index in [1.54, 1.807) is 0 Å². The molecule has 24 heavy (non-hydrogen) atoms. The van der Waals surface area contributed by atoms with E-state index in [0.29, 0.717) is 23.0 Å². The normalized spacial score (nSPS) is 21.4. The van der Waals surface area contributed by atoms with Gasteiger partial charge in [-0.1, -0.05) is 0 Å². The molecule has 0 saturated carbocycles. The molecule has 2 aliphatic heterocycles. The standard InChI is InChI=1S/C18H35N4O2/c1-15(2)19-10-12-21(13-11-19)18(24)16-6-8-20(9-7-16)17(23)14-22(3,4)5/h15-16H,6-14H2,1-5H3/q+1. The molecule has 0 spiro atoms. The van der Waals surface area contributed by atoms with Gasteiger partial charge in [-0.2, -0.15) is 0 Å². The van der Waals surface area contributed by atoms with Crippen molar-refractivity contribution in [2.45, 2.75) is 32.7 Å². The van der Waals surface area contributed by atoms with Crippen molar-refractivity contribution in [3.63, 3.8) is 0 Å². The van der Waals surface area contributed by atoms with Gasteiger partial charge in [-0.05, 0) is 26.7 Å². The minimum Gasteiger partial charge on any atom is -0.340 e. The zero-order valence-corrected chi connectivity index (χ0v) is 16.1. The SMILES string of the molecule is CC(C)N1CCN(C(=O)C2CCN(C(=O)C[N+](C)(C)C)CC2)CC1. The van der Waals surface area contributed by atoms with Crippen molar-refractivity contribution in [1.29, 1.82) is 0 Å². The second-order valence-electron chi connectivity index (χ2n) is 8.56. The number of nitrogens with zero attached hydrogens (tertiary/aromatic N) is 4. The highest BCUT2D eigenvalue weighted by Crippen LogP contribution is 2.21. The molecule has 2 heterocycles. The van der Waals surface area contributed by atoms with E-state index in [4.69, 9.17) is 0 Å². The van der Waals surface area contributed by atoms with E-state index in [2.05, 4.69) is 18.7 Å². The Bertz CT molecular complexity index is 442. The van der Waals surface area contributed by atoms with Gasteiger partial charge < -0.3 is 14.3 Å². The molecule has 0 aromatic heterocycles. The highest BCUT2D eigenvalue weighted by Gasteiger charge is 2.32. The molecular weight excluding hydrogens is 304 g/mol. The fourth-order valence-corrected chi connectivity index (χ4v) is 3.60. The summed E-state index contributed by atoms with van der Waals surface area (Å²) in [6.45, 7) is 10.0. The van der Waals surface area contributed by atoms with Crippen LogP contribution in [0.1, 0.15) is 26.7 Å². The lowest BCUT2D eigenvalue weighted by molar-refractivity contribution is -0.862. The molecule has 0 aliphatic carbocycles. The first kappa shape index (κ1) is 19.2. The van der Waals surface area contributed by atoms with Crippen LogP contribution < -0.4 is 0 Å². The number of piperidine rings is 1. The van der Waals surface area contributed by atoms with Gasteiger partial charge in [0.05, 0.1) is 21.1 Å². The largest absolute Gasteiger partial charge is 0.340 e. The van der Waals surface area contributed by atoms with E-state index < -0.39 is 0 Å². The third kappa shape index (κ3) is 5.18. The van der Waals surface area contributed by atoms with Crippen molar-refractivity contribution in [2.24, 2.45) is 5.92 Å². The molecule has 0 aromatic carbocycles. The van der Waals surface area contributed by atoms with Crippen LogP contribution in [0.2, 0.25) is 0 Å². The van der Waals surface area contributed by atoms with Crippen molar-refractivity contribution >= 4 is 11.8 Å². The maximum Gasteiger partial charge on any atom is 0.277 e. The van der Waals surface area contributed by atoms with Crippen LogP contribution >= 0.6 is 0 Å². The summed E-state index contributed by atoms with van der Waals surface area (Å²) in [6.07, 6.45) is 1.62. The Morgan fingerprint density at radius 2 is 1.46 bits per heavy atom. The average Bonchev–Trinajstić information content (AvgIpc) is 2.53. The average molecular weight is 340 g/mol. The first-order valence-corrected chi connectivity index (χ1v) is 9.28. The van der Waals surface area contributed by atoms with Gasteiger partial charge in [-0.15, -0.1) is 0 Å². The Morgan fingerprint density at radius 3 is 1.92 bits per heavy atom. The number of hydrogen-bond acceptors (Lipinski definition) is 3. The maximum absolute atomic E-state index is 12.7. The highest BCUT2D eigenvalue weighted by molar-refractivity contribution is 5.80. The van der Waals surface area contributed by atoms with Gasteiger partial charge in [0.1, 0.15) is 0 Å². The van der Waals surface area contributed by atoms with E-state index in [9.17, 15) is 9.59 Å². The molecular formula is C18H35N4O2+. The number of rotatable bonds is 4. The van der Waals surface area contributed by atoms with E-state index in [1.165, 1.54) is 0 Å². The van der Waals surface area contributed by atoms with Gasteiger partial charge in [0, 0.05) is 51.2 Å². The predicted octanol–water partition coefficient (Wildman–Crippen LogP) is 0.484. The number of likely N-dealkylation sites (tertiary alicyclic amines) is 1. The summed E-state index contributed by atoms with van der Waals surface area (Å²) in [6, 6.07) is 0.553. The molecule has 2 aliphatic rings. The highest BCUT2D eigenvalue weighted by atomic mass is 16.2. The summed E-state index contributed by atoms with van der Waals surface area (Å²) in [4.78, 5) is 31.4. The second-order valence-corrected chi connectivity index (χ2v) is 8.56. The summed E-state index contributed by atoms with van der Waals surface area (Å²) >= 11 is 0. The van der Waals surface area contributed by atoms with Gasteiger partial charge in [0.2, 0.25) is 5.91 Å². The first-order valence-electron chi connectivity index (χ1n) is 9.28. The Labute approximate surface area is 147 Å². The molecule has 138 valence electrons. The van der Waals surface area contributed by atoms with E-state index in [1.807, 2.05) is 30.9 Å². The van der Waals surface area contributed by atoms with Gasteiger partial charge in [-0.3, -0.25) is 14.5 Å². The van der Waals surface area contributed by atoms with Gasteiger partial charge in [0.25, 0.3) is 5.91 Å². The van der Waals surface area contributed by atoms with Gasteiger partial charge in [0.15, 0.2) is 6.54 Å². The Hall–Kier alpha value is -1.14. The number of quaternary nitrogens is 1. The first-order chi connectivity index (χ1) is 11.2. The smallest absolute Gasteiger partial charge is 0.277 e.